The van der Waals surface area contributed by atoms with Crippen molar-refractivity contribution in [2.24, 2.45) is 4.99 Å². The van der Waals surface area contributed by atoms with Gasteiger partial charge in [0.15, 0.2) is 0 Å². The Balaban J connectivity index is 3.17. The Bertz CT molecular complexity index is 532. The number of anilines is 1. The molecule has 0 aliphatic rings. The number of allylic oxidation sites excluding steroid dienone is 1. The normalized spacial score (nSPS) is 13.6. The molecule has 0 aromatic heterocycles. The zero-order valence-electron chi connectivity index (χ0n) is 11.1. The molecule has 18 heavy (non-hydrogen) atoms. The number of para-hydroxylation sites is 1. The first kappa shape index (κ1) is 15.0. The van der Waals surface area contributed by atoms with Crippen LogP contribution in [0.1, 0.15) is 6.92 Å². The molecule has 0 unspecified atom stereocenters. The van der Waals surface area contributed by atoms with Crippen LogP contribution >= 0.6 is 18.7 Å². The number of hydrogen-bond donors (Lipinski definition) is 1. The number of amidine groups is 1. The molecule has 0 amide bonds. The Hall–Kier alpha value is -1.05. The monoisotopic (exact) mass is 284 g/mol. The van der Waals surface area contributed by atoms with Crippen LogP contribution < -0.4 is 10.6 Å². The number of halogens is 1. The van der Waals surface area contributed by atoms with Gasteiger partial charge in [-0.05, 0) is 32.4 Å². The molecule has 0 saturated heterocycles. The highest BCUT2D eigenvalue weighted by Gasteiger charge is 2.16. The second kappa shape index (κ2) is 6.21. The summed E-state index contributed by atoms with van der Waals surface area (Å²) in [6, 6.07) is 7.50. The molecule has 98 valence electrons. The van der Waals surface area contributed by atoms with Gasteiger partial charge in [-0.15, -0.1) is 0 Å². The highest BCUT2D eigenvalue weighted by atomic mass is 35.5. The molecular weight excluding hydrogens is 267 g/mol. The van der Waals surface area contributed by atoms with Crippen molar-refractivity contribution in [1.82, 2.24) is 0 Å². The van der Waals surface area contributed by atoms with Crippen molar-refractivity contribution in [3.63, 3.8) is 0 Å². The summed E-state index contributed by atoms with van der Waals surface area (Å²) in [5, 5.41) is 4.47. The first-order valence-corrected chi connectivity index (χ1v) is 8.58. The minimum absolute atomic E-state index is 0.536. The summed E-state index contributed by atoms with van der Waals surface area (Å²) in [4.78, 5) is 4.09. The van der Waals surface area contributed by atoms with Crippen LogP contribution in [0.4, 0.5) is 5.69 Å². The van der Waals surface area contributed by atoms with Crippen LogP contribution in [0.25, 0.3) is 0 Å². The van der Waals surface area contributed by atoms with Crippen LogP contribution in [0, 0.1) is 0 Å². The molecule has 0 fully saturated rings. The summed E-state index contributed by atoms with van der Waals surface area (Å²) >= 11 is 6.05. The van der Waals surface area contributed by atoms with E-state index >= 15 is 0 Å². The Morgan fingerprint density at radius 1 is 1.39 bits per heavy atom. The van der Waals surface area contributed by atoms with Crippen LogP contribution in [0.5, 0.6) is 0 Å². The molecule has 0 aliphatic heterocycles. The third-order valence-electron chi connectivity index (χ3n) is 2.44. The number of nitrogens with one attached hydrogen (secondary N) is 1. The lowest BCUT2D eigenvalue weighted by Crippen LogP contribution is -2.18. The molecule has 0 saturated carbocycles. The second-order valence-electron chi connectivity index (χ2n) is 4.20. The van der Waals surface area contributed by atoms with Crippen molar-refractivity contribution in [3.8, 4) is 0 Å². The van der Waals surface area contributed by atoms with Crippen LogP contribution in [0.15, 0.2) is 40.4 Å². The van der Waals surface area contributed by atoms with Gasteiger partial charge in [0.2, 0.25) is 0 Å². The fraction of sp³-hybridized carbons (Fsp3) is 0.308. The minimum atomic E-state index is -2.34. The summed E-state index contributed by atoms with van der Waals surface area (Å²) in [6.45, 7) is 5.33. The Morgan fingerprint density at radius 2 is 2.00 bits per heavy atom. The number of nitrogens with zero attached hydrogens (tertiary/aromatic N) is 1. The molecule has 0 atom stereocenters. The quantitative estimate of drug-likeness (QED) is 0.524. The van der Waals surface area contributed by atoms with Crippen molar-refractivity contribution in [2.45, 2.75) is 6.92 Å². The number of rotatable bonds is 3. The van der Waals surface area contributed by atoms with Crippen LogP contribution in [-0.4, -0.2) is 26.2 Å². The maximum atomic E-state index is 12.2. The van der Waals surface area contributed by atoms with E-state index in [9.17, 15) is 4.57 Å². The van der Waals surface area contributed by atoms with Crippen molar-refractivity contribution < 1.29 is 4.57 Å². The van der Waals surface area contributed by atoms with Gasteiger partial charge in [-0.2, -0.15) is 0 Å². The van der Waals surface area contributed by atoms with Crippen molar-refractivity contribution >= 4 is 35.6 Å². The molecule has 5 heteroatoms. The SMILES string of the molecule is C/C=C(/Cl)C(=NC)Nc1ccccc1P(C)(C)=O. The standard InChI is InChI=1S/C13H18ClN2OP/c1-5-10(14)13(15-2)16-11-8-6-7-9-12(11)18(3,4)17/h5-9H,1-4H3,(H,15,16)/b10-5+. The van der Waals surface area contributed by atoms with Crippen molar-refractivity contribution in [2.75, 3.05) is 25.7 Å². The Morgan fingerprint density at radius 3 is 2.50 bits per heavy atom. The molecule has 1 N–H and O–H groups in total. The molecule has 1 aromatic rings. The van der Waals surface area contributed by atoms with E-state index in [1.165, 1.54) is 0 Å². The summed E-state index contributed by atoms with van der Waals surface area (Å²) in [7, 11) is -0.680. The summed E-state index contributed by atoms with van der Waals surface area (Å²) in [5.74, 6) is 0.570. The van der Waals surface area contributed by atoms with E-state index in [4.69, 9.17) is 11.6 Å². The zero-order valence-corrected chi connectivity index (χ0v) is 12.7. The van der Waals surface area contributed by atoms with Gasteiger partial charge >= 0.3 is 0 Å². The lowest BCUT2D eigenvalue weighted by Gasteiger charge is -2.15. The fourth-order valence-electron chi connectivity index (χ4n) is 1.54. The first-order chi connectivity index (χ1) is 8.40. The van der Waals surface area contributed by atoms with E-state index in [2.05, 4.69) is 10.3 Å². The molecular formula is C13H18ClN2OP. The fourth-order valence-corrected chi connectivity index (χ4v) is 2.82. The molecule has 0 bridgehead atoms. The van der Waals surface area contributed by atoms with E-state index in [0.29, 0.717) is 10.9 Å². The summed E-state index contributed by atoms with van der Waals surface area (Å²) in [5.41, 5.74) is 0.784. The molecule has 0 spiro atoms. The van der Waals surface area contributed by atoms with E-state index in [-0.39, 0.29) is 0 Å². The molecule has 1 rings (SSSR count). The molecule has 0 radical (unpaired) electrons. The number of hydrogen-bond acceptors (Lipinski definition) is 2. The van der Waals surface area contributed by atoms with Gasteiger partial charge in [0.1, 0.15) is 13.0 Å². The predicted octanol–water partition coefficient (Wildman–Crippen LogP) is 3.52. The van der Waals surface area contributed by atoms with E-state index in [1.807, 2.05) is 31.2 Å². The third-order valence-corrected chi connectivity index (χ3v) is 4.39. The smallest absolute Gasteiger partial charge is 0.143 e. The minimum Gasteiger partial charge on any atom is -0.339 e. The van der Waals surface area contributed by atoms with E-state index in [1.54, 1.807) is 26.5 Å². The maximum Gasteiger partial charge on any atom is 0.143 e. The number of benzene rings is 1. The lowest BCUT2D eigenvalue weighted by atomic mass is 10.3. The third kappa shape index (κ3) is 3.72. The van der Waals surface area contributed by atoms with Crippen LogP contribution in [-0.2, 0) is 4.57 Å². The predicted molar refractivity (Wildman–Crippen MR) is 82.1 cm³/mol. The maximum absolute atomic E-state index is 12.2. The Kier molecular flexibility index (Phi) is 5.18. The molecule has 3 nitrogen and oxygen atoms in total. The first-order valence-electron chi connectivity index (χ1n) is 5.60. The number of aliphatic imine (C=N–C) groups is 1. The summed E-state index contributed by atoms with van der Waals surface area (Å²) in [6.07, 6.45) is 1.76. The highest BCUT2D eigenvalue weighted by molar-refractivity contribution is 7.70. The van der Waals surface area contributed by atoms with Gasteiger partial charge in [-0.25, -0.2) is 0 Å². The Labute approximate surface area is 113 Å². The largest absolute Gasteiger partial charge is 0.339 e. The average molecular weight is 285 g/mol. The van der Waals surface area contributed by atoms with Gasteiger partial charge in [0, 0.05) is 12.4 Å². The average Bonchev–Trinajstić information content (AvgIpc) is 2.34. The van der Waals surface area contributed by atoms with E-state index in [0.717, 1.165) is 11.0 Å². The van der Waals surface area contributed by atoms with Crippen LogP contribution in [0.2, 0.25) is 0 Å². The highest BCUT2D eigenvalue weighted by Crippen LogP contribution is 2.37. The molecule has 0 heterocycles. The second-order valence-corrected chi connectivity index (χ2v) is 7.79. The van der Waals surface area contributed by atoms with Crippen molar-refractivity contribution in [1.29, 1.82) is 0 Å². The zero-order chi connectivity index (χ0) is 13.8. The van der Waals surface area contributed by atoms with Gasteiger partial charge in [-0.1, -0.05) is 29.8 Å². The lowest BCUT2D eigenvalue weighted by molar-refractivity contribution is 0.588. The molecule has 1 aromatic carbocycles. The van der Waals surface area contributed by atoms with Gasteiger partial charge in [0.05, 0.1) is 10.7 Å². The topological polar surface area (TPSA) is 41.5 Å². The van der Waals surface area contributed by atoms with Crippen LogP contribution in [0.3, 0.4) is 0 Å². The van der Waals surface area contributed by atoms with E-state index < -0.39 is 7.14 Å². The van der Waals surface area contributed by atoms with Gasteiger partial charge in [0.25, 0.3) is 0 Å². The van der Waals surface area contributed by atoms with Gasteiger partial charge in [-0.3, -0.25) is 4.99 Å². The summed E-state index contributed by atoms with van der Waals surface area (Å²) < 4.78 is 12.2. The van der Waals surface area contributed by atoms with Crippen molar-refractivity contribution in [3.05, 3.63) is 35.4 Å². The van der Waals surface area contributed by atoms with Gasteiger partial charge < -0.3 is 9.88 Å². The molecule has 0 aliphatic carbocycles.